The summed E-state index contributed by atoms with van der Waals surface area (Å²) in [5.74, 6) is -0.368. The van der Waals surface area contributed by atoms with Crippen LogP contribution in [0.25, 0.3) is 4.91 Å². The Bertz CT molecular complexity index is 992. The molecule has 2 rings (SSSR count). The fraction of sp³-hybridized carbons (Fsp3) is 0.0625. The summed E-state index contributed by atoms with van der Waals surface area (Å²) in [6, 6.07) is 9.05. The zero-order chi connectivity index (χ0) is 19.5. The van der Waals surface area contributed by atoms with E-state index in [-0.39, 0.29) is 31.4 Å². The van der Waals surface area contributed by atoms with Crippen molar-refractivity contribution in [2.45, 2.75) is 5.75 Å². The Morgan fingerprint density at radius 2 is 1.62 bits per heavy atom. The number of benzene rings is 2. The SMILES string of the molecule is NC(=S)NC=C(c1ccc(Cl)cc1Cl)S(=O)(=O)Cc1ccc(Cl)cc1Cl. The van der Waals surface area contributed by atoms with Crippen LogP contribution in [0.15, 0.2) is 42.6 Å². The van der Waals surface area contributed by atoms with Crippen molar-refractivity contribution in [3.63, 3.8) is 0 Å². The van der Waals surface area contributed by atoms with Gasteiger partial charge in [0.05, 0.1) is 15.7 Å². The number of hydrogen-bond donors (Lipinski definition) is 2. The fourth-order valence-electron chi connectivity index (χ4n) is 2.08. The number of hydrogen-bond acceptors (Lipinski definition) is 3. The highest BCUT2D eigenvalue weighted by atomic mass is 35.5. The van der Waals surface area contributed by atoms with E-state index >= 15 is 0 Å². The van der Waals surface area contributed by atoms with Crippen LogP contribution in [-0.2, 0) is 15.6 Å². The van der Waals surface area contributed by atoms with E-state index in [1.807, 2.05) is 0 Å². The van der Waals surface area contributed by atoms with Crippen LogP contribution in [-0.4, -0.2) is 13.5 Å². The molecule has 0 unspecified atom stereocenters. The molecule has 0 radical (unpaired) electrons. The van der Waals surface area contributed by atoms with E-state index in [9.17, 15) is 8.42 Å². The Morgan fingerprint density at radius 3 is 2.15 bits per heavy atom. The lowest BCUT2D eigenvalue weighted by Gasteiger charge is -2.13. The van der Waals surface area contributed by atoms with Crippen molar-refractivity contribution in [1.29, 1.82) is 0 Å². The third kappa shape index (κ3) is 5.49. The first-order valence-electron chi connectivity index (χ1n) is 6.98. The van der Waals surface area contributed by atoms with Gasteiger partial charge in [-0.3, -0.25) is 0 Å². The first kappa shape index (κ1) is 21.3. The summed E-state index contributed by atoms with van der Waals surface area (Å²) in [6.45, 7) is 0. The Labute approximate surface area is 176 Å². The largest absolute Gasteiger partial charge is 0.376 e. The van der Waals surface area contributed by atoms with Crippen molar-refractivity contribution in [3.05, 3.63) is 73.8 Å². The van der Waals surface area contributed by atoms with Crippen LogP contribution in [0.5, 0.6) is 0 Å². The molecule has 4 nitrogen and oxygen atoms in total. The quantitative estimate of drug-likeness (QED) is 0.599. The van der Waals surface area contributed by atoms with Gasteiger partial charge in [0, 0.05) is 26.8 Å². The normalized spacial score (nSPS) is 12.1. The average molecular weight is 470 g/mol. The molecule has 0 atom stereocenters. The predicted octanol–water partition coefficient (Wildman–Crippen LogP) is 5.05. The van der Waals surface area contributed by atoms with Gasteiger partial charge in [-0.05, 0) is 42.0 Å². The third-order valence-corrected chi connectivity index (χ3v) is 6.19. The molecule has 0 aliphatic heterocycles. The van der Waals surface area contributed by atoms with Gasteiger partial charge in [-0.25, -0.2) is 8.42 Å². The van der Waals surface area contributed by atoms with Gasteiger partial charge in [0.25, 0.3) is 0 Å². The number of nitrogens with two attached hydrogens (primary N) is 1. The molecule has 3 N–H and O–H groups in total. The molecule has 0 heterocycles. The van der Waals surface area contributed by atoms with Gasteiger partial charge in [-0.1, -0.05) is 58.5 Å². The monoisotopic (exact) mass is 468 g/mol. The lowest BCUT2D eigenvalue weighted by Crippen LogP contribution is -2.25. The highest BCUT2D eigenvalue weighted by molar-refractivity contribution is 7.99. The van der Waals surface area contributed by atoms with Crippen LogP contribution in [0.3, 0.4) is 0 Å². The van der Waals surface area contributed by atoms with Crippen LogP contribution in [0.2, 0.25) is 20.1 Å². The van der Waals surface area contributed by atoms with E-state index in [2.05, 4.69) is 5.32 Å². The first-order chi connectivity index (χ1) is 12.1. The maximum atomic E-state index is 13.0. The topological polar surface area (TPSA) is 72.2 Å². The van der Waals surface area contributed by atoms with Gasteiger partial charge in [0.15, 0.2) is 14.9 Å². The summed E-state index contributed by atoms with van der Waals surface area (Å²) >= 11 is 28.8. The molecular formula is C16H12Cl4N2O2S2. The molecule has 0 aromatic heterocycles. The van der Waals surface area contributed by atoms with E-state index in [1.165, 1.54) is 30.5 Å². The highest BCUT2D eigenvalue weighted by Crippen LogP contribution is 2.33. The fourth-order valence-corrected chi connectivity index (χ4v) is 4.83. The van der Waals surface area contributed by atoms with Gasteiger partial charge in [-0.2, -0.15) is 0 Å². The van der Waals surface area contributed by atoms with Crippen molar-refractivity contribution in [2.75, 3.05) is 0 Å². The Kier molecular flexibility index (Phi) is 7.19. The molecule has 0 fully saturated rings. The molecule has 138 valence electrons. The summed E-state index contributed by atoms with van der Waals surface area (Å²) < 4.78 is 26.0. The molecule has 0 aliphatic carbocycles. The first-order valence-corrected chi connectivity index (χ1v) is 10.6. The summed E-state index contributed by atoms with van der Waals surface area (Å²) in [6.07, 6.45) is 1.19. The lowest BCUT2D eigenvalue weighted by atomic mass is 10.2. The summed E-state index contributed by atoms with van der Waals surface area (Å²) in [5, 5.41) is 3.62. The molecule has 2 aromatic rings. The van der Waals surface area contributed by atoms with Crippen molar-refractivity contribution < 1.29 is 8.42 Å². The molecule has 0 bridgehead atoms. The molecule has 0 saturated heterocycles. The van der Waals surface area contributed by atoms with Gasteiger partial charge in [0.2, 0.25) is 0 Å². The van der Waals surface area contributed by atoms with Crippen LogP contribution in [0, 0.1) is 0 Å². The molecule has 26 heavy (non-hydrogen) atoms. The summed E-state index contributed by atoms with van der Waals surface area (Å²) in [7, 11) is -3.87. The van der Waals surface area contributed by atoms with Crippen LogP contribution in [0.4, 0.5) is 0 Å². The minimum Gasteiger partial charge on any atom is -0.376 e. The number of sulfone groups is 1. The average Bonchev–Trinajstić information content (AvgIpc) is 2.51. The standard InChI is InChI=1S/C16H12Cl4N2O2S2/c17-10-2-1-9(13(19)5-10)8-26(23,24)15(7-22-16(21)25)12-4-3-11(18)6-14(12)20/h1-7H,8H2,(H3,21,22,25). The van der Waals surface area contributed by atoms with Crippen LogP contribution >= 0.6 is 58.6 Å². The molecule has 0 saturated carbocycles. The van der Waals surface area contributed by atoms with E-state index < -0.39 is 9.84 Å². The number of rotatable bonds is 5. The number of nitrogens with one attached hydrogen (secondary N) is 1. The van der Waals surface area contributed by atoms with Crippen molar-refractivity contribution in [3.8, 4) is 0 Å². The van der Waals surface area contributed by atoms with Gasteiger partial charge >= 0.3 is 0 Å². The second-order valence-corrected chi connectivity index (χ2v) is 9.22. The second-order valence-electron chi connectivity index (χ2n) is 5.14. The van der Waals surface area contributed by atoms with Crippen molar-refractivity contribution in [1.82, 2.24) is 5.32 Å². The van der Waals surface area contributed by atoms with E-state index in [4.69, 9.17) is 64.4 Å². The maximum Gasteiger partial charge on any atom is 0.184 e. The zero-order valence-electron chi connectivity index (χ0n) is 13.0. The van der Waals surface area contributed by atoms with Crippen molar-refractivity contribution in [2.24, 2.45) is 5.73 Å². The van der Waals surface area contributed by atoms with Crippen LogP contribution < -0.4 is 11.1 Å². The summed E-state index contributed by atoms with van der Waals surface area (Å²) in [5.41, 5.74) is 6.05. The highest BCUT2D eigenvalue weighted by Gasteiger charge is 2.24. The molecule has 0 aliphatic rings. The minimum atomic E-state index is -3.87. The minimum absolute atomic E-state index is 0.0905. The Morgan fingerprint density at radius 1 is 1.04 bits per heavy atom. The molecule has 2 aromatic carbocycles. The molecule has 0 amide bonds. The predicted molar refractivity (Wildman–Crippen MR) is 113 cm³/mol. The van der Waals surface area contributed by atoms with E-state index in [1.54, 1.807) is 12.1 Å². The molecular weight excluding hydrogens is 458 g/mol. The maximum absolute atomic E-state index is 13.0. The smallest absolute Gasteiger partial charge is 0.184 e. The lowest BCUT2D eigenvalue weighted by molar-refractivity contribution is 0.605. The Balaban J connectivity index is 2.52. The van der Waals surface area contributed by atoms with E-state index in [0.717, 1.165) is 0 Å². The number of thiocarbonyl (C=S) groups is 1. The van der Waals surface area contributed by atoms with Gasteiger partial charge in [0.1, 0.15) is 0 Å². The van der Waals surface area contributed by atoms with E-state index in [0.29, 0.717) is 15.6 Å². The van der Waals surface area contributed by atoms with Gasteiger partial charge in [-0.15, -0.1) is 0 Å². The number of halogens is 4. The van der Waals surface area contributed by atoms with Gasteiger partial charge < -0.3 is 11.1 Å². The van der Waals surface area contributed by atoms with Crippen molar-refractivity contribution >= 4 is 78.5 Å². The second kappa shape index (κ2) is 8.78. The third-order valence-electron chi connectivity index (χ3n) is 3.24. The van der Waals surface area contributed by atoms with Crippen LogP contribution in [0.1, 0.15) is 11.1 Å². The molecule has 0 spiro atoms. The summed E-state index contributed by atoms with van der Waals surface area (Å²) in [4.78, 5) is -0.0991. The Hall–Kier alpha value is -1.02. The zero-order valence-corrected chi connectivity index (χ0v) is 17.6. The molecule has 10 heteroatoms.